The molecule has 0 bridgehead atoms. The molecule has 0 saturated heterocycles. The van der Waals surface area contributed by atoms with Crippen molar-refractivity contribution in [1.82, 2.24) is 0 Å². The minimum absolute atomic E-state index is 0.315. The zero-order valence-corrected chi connectivity index (χ0v) is 11.5. The highest BCUT2D eigenvalue weighted by Gasteiger charge is 2.15. The molecule has 0 saturated carbocycles. The maximum Gasteiger partial charge on any atom is 0.234 e. The lowest BCUT2D eigenvalue weighted by Gasteiger charge is -2.04. The van der Waals surface area contributed by atoms with Crippen molar-refractivity contribution in [3.63, 3.8) is 0 Å². The van der Waals surface area contributed by atoms with Crippen molar-refractivity contribution >= 4 is 25.4 Å². The number of aryl methyl sites for hydroxylation is 1. The Balaban J connectivity index is 2.27. The average molecular weight is 279 g/mol. The molecule has 2 aromatic carbocycles. The first kappa shape index (κ1) is 13.0. The smallest absolute Gasteiger partial charge is 0.234 e. The predicted molar refractivity (Wildman–Crippen MR) is 75.1 cm³/mol. The van der Waals surface area contributed by atoms with Gasteiger partial charge < -0.3 is 5.73 Å². The summed E-state index contributed by atoms with van der Waals surface area (Å²) >= 11 is 0. The van der Waals surface area contributed by atoms with Gasteiger partial charge in [-0.1, -0.05) is 17.7 Å². The van der Waals surface area contributed by atoms with Crippen LogP contribution in [0.15, 0.2) is 58.3 Å². The third kappa shape index (κ3) is 3.05. The number of nitrogen functional groups attached to an aromatic ring is 1. The second-order valence-corrected chi connectivity index (χ2v) is 7.75. The Bertz CT molecular complexity index is 632. The van der Waals surface area contributed by atoms with Crippen molar-refractivity contribution in [2.75, 3.05) is 5.73 Å². The topological polar surface area (TPSA) is 60.2 Å². The van der Waals surface area contributed by atoms with Crippen molar-refractivity contribution < 1.29 is 8.42 Å². The molecule has 0 amide bonds. The van der Waals surface area contributed by atoms with Gasteiger partial charge in [-0.3, -0.25) is 0 Å². The van der Waals surface area contributed by atoms with Gasteiger partial charge in [0.2, 0.25) is 8.87 Å². The minimum Gasteiger partial charge on any atom is -0.399 e. The van der Waals surface area contributed by atoms with Crippen molar-refractivity contribution in [2.24, 2.45) is 0 Å². The third-order valence-corrected chi connectivity index (χ3v) is 5.74. The van der Waals surface area contributed by atoms with Crippen LogP contribution in [-0.4, -0.2) is 8.42 Å². The van der Waals surface area contributed by atoms with Gasteiger partial charge in [0.05, 0.1) is 4.90 Å². The summed E-state index contributed by atoms with van der Waals surface area (Å²) in [6.07, 6.45) is 0. The Labute approximate surface area is 110 Å². The number of hydrogen-bond acceptors (Lipinski definition) is 4. The lowest BCUT2D eigenvalue weighted by molar-refractivity contribution is 0.610. The minimum atomic E-state index is -3.37. The highest BCUT2D eigenvalue weighted by molar-refractivity contribution is 8.72. The van der Waals surface area contributed by atoms with Crippen molar-refractivity contribution in [3.8, 4) is 0 Å². The van der Waals surface area contributed by atoms with Crippen LogP contribution in [0.25, 0.3) is 0 Å². The number of anilines is 1. The van der Waals surface area contributed by atoms with E-state index in [2.05, 4.69) is 0 Å². The van der Waals surface area contributed by atoms with E-state index >= 15 is 0 Å². The molecule has 0 atom stereocenters. The molecule has 0 unspecified atom stereocenters. The fourth-order valence-electron chi connectivity index (χ4n) is 1.40. The molecular weight excluding hydrogens is 266 g/mol. The third-order valence-electron chi connectivity index (χ3n) is 2.40. The van der Waals surface area contributed by atoms with E-state index in [9.17, 15) is 8.42 Å². The van der Waals surface area contributed by atoms with E-state index in [0.717, 1.165) is 16.4 Å². The summed E-state index contributed by atoms with van der Waals surface area (Å²) in [5.41, 5.74) is 7.21. The molecule has 2 rings (SSSR count). The molecular formula is C13H13NO2S2. The molecule has 0 aliphatic heterocycles. The number of benzene rings is 2. The molecule has 0 radical (unpaired) electrons. The average Bonchev–Trinajstić information content (AvgIpc) is 2.32. The Kier molecular flexibility index (Phi) is 3.63. The number of rotatable bonds is 3. The van der Waals surface area contributed by atoms with Gasteiger partial charge in [-0.25, -0.2) is 8.42 Å². The first-order chi connectivity index (χ1) is 8.47. The van der Waals surface area contributed by atoms with Gasteiger partial charge in [-0.2, -0.15) is 0 Å². The quantitative estimate of drug-likeness (QED) is 0.693. The highest BCUT2D eigenvalue weighted by atomic mass is 33.1. The zero-order chi connectivity index (χ0) is 13.2. The second-order valence-electron chi connectivity index (χ2n) is 3.92. The molecule has 0 aliphatic rings. The lowest BCUT2D eigenvalue weighted by atomic mass is 10.2. The summed E-state index contributed by atoms with van der Waals surface area (Å²) in [6.45, 7) is 1.92. The van der Waals surface area contributed by atoms with Crippen LogP contribution in [0.2, 0.25) is 0 Å². The van der Waals surface area contributed by atoms with Crippen LogP contribution in [0, 0.1) is 6.92 Å². The van der Waals surface area contributed by atoms with Gasteiger partial charge in [-0.05, 0) is 43.3 Å². The number of hydrogen-bond donors (Lipinski definition) is 1. The molecule has 2 aromatic rings. The highest BCUT2D eigenvalue weighted by Crippen LogP contribution is 2.31. The van der Waals surface area contributed by atoms with E-state index in [1.807, 2.05) is 6.92 Å². The molecule has 0 aliphatic carbocycles. The first-order valence-electron chi connectivity index (χ1n) is 5.34. The fraction of sp³-hybridized carbons (Fsp3) is 0.0769. The molecule has 5 heteroatoms. The van der Waals surface area contributed by atoms with E-state index in [4.69, 9.17) is 5.73 Å². The molecule has 2 N–H and O–H groups in total. The van der Waals surface area contributed by atoms with E-state index in [1.165, 1.54) is 0 Å². The van der Waals surface area contributed by atoms with Gasteiger partial charge in [0, 0.05) is 21.4 Å². The van der Waals surface area contributed by atoms with E-state index < -0.39 is 8.87 Å². The standard InChI is InChI=1S/C13H13NO2S2/c1-10-2-8-13(9-3-10)18(15,16)17-12-6-4-11(14)5-7-12/h2-9H,14H2,1H3. The normalized spacial score (nSPS) is 11.4. The summed E-state index contributed by atoms with van der Waals surface area (Å²) in [7, 11) is -2.54. The Morgan fingerprint density at radius 2 is 1.50 bits per heavy atom. The monoisotopic (exact) mass is 279 g/mol. The molecule has 0 heterocycles. The number of nitrogens with two attached hydrogens (primary N) is 1. The van der Waals surface area contributed by atoms with Gasteiger partial charge in [-0.15, -0.1) is 0 Å². The van der Waals surface area contributed by atoms with E-state index in [-0.39, 0.29) is 0 Å². The van der Waals surface area contributed by atoms with Crippen LogP contribution < -0.4 is 5.73 Å². The molecule has 0 aromatic heterocycles. The van der Waals surface area contributed by atoms with Crippen LogP contribution in [0.5, 0.6) is 0 Å². The van der Waals surface area contributed by atoms with E-state index in [0.29, 0.717) is 15.5 Å². The summed E-state index contributed by atoms with van der Waals surface area (Å²) in [4.78, 5) is 0.972. The Morgan fingerprint density at radius 1 is 0.944 bits per heavy atom. The Morgan fingerprint density at radius 3 is 2.06 bits per heavy atom. The maximum absolute atomic E-state index is 12.1. The van der Waals surface area contributed by atoms with Gasteiger partial charge >= 0.3 is 0 Å². The Hall–Kier alpha value is -1.46. The largest absolute Gasteiger partial charge is 0.399 e. The van der Waals surface area contributed by atoms with Crippen molar-refractivity contribution in [2.45, 2.75) is 16.7 Å². The summed E-state index contributed by atoms with van der Waals surface area (Å²) in [5.74, 6) is 0. The summed E-state index contributed by atoms with van der Waals surface area (Å²) < 4.78 is 24.3. The molecule has 0 fully saturated rings. The van der Waals surface area contributed by atoms with Crippen molar-refractivity contribution in [1.29, 1.82) is 0 Å². The van der Waals surface area contributed by atoms with E-state index in [1.54, 1.807) is 48.5 Å². The van der Waals surface area contributed by atoms with Crippen LogP contribution in [0.1, 0.15) is 5.56 Å². The lowest BCUT2D eigenvalue weighted by Crippen LogP contribution is -1.95. The van der Waals surface area contributed by atoms with Crippen LogP contribution in [0.4, 0.5) is 5.69 Å². The van der Waals surface area contributed by atoms with Gasteiger partial charge in [0.25, 0.3) is 0 Å². The SMILES string of the molecule is Cc1ccc(S(=O)(=O)Sc2ccc(N)cc2)cc1. The molecule has 3 nitrogen and oxygen atoms in total. The summed E-state index contributed by atoms with van der Waals surface area (Å²) in [6, 6.07) is 13.6. The maximum atomic E-state index is 12.1. The second kappa shape index (κ2) is 5.04. The first-order valence-corrected chi connectivity index (χ1v) is 8.16. The van der Waals surface area contributed by atoms with Crippen LogP contribution in [-0.2, 0) is 8.87 Å². The molecule has 0 spiro atoms. The van der Waals surface area contributed by atoms with Crippen LogP contribution in [0.3, 0.4) is 0 Å². The zero-order valence-electron chi connectivity index (χ0n) is 9.83. The van der Waals surface area contributed by atoms with Gasteiger partial charge in [0.15, 0.2) is 0 Å². The van der Waals surface area contributed by atoms with Crippen LogP contribution >= 0.6 is 10.8 Å². The summed E-state index contributed by atoms with van der Waals surface area (Å²) in [5, 5.41) is 0. The van der Waals surface area contributed by atoms with Gasteiger partial charge in [0.1, 0.15) is 0 Å². The predicted octanol–water partition coefficient (Wildman–Crippen LogP) is 3.06. The van der Waals surface area contributed by atoms with Crippen molar-refractivity contribution in [3.05, 3.63) is 54.1 Å². The fourth-order valence-corrected chi connectivity index (χ4v) is 4.18. The molecule has 18 heavy (non-hydrogen) atoms. The molecule has 94 valence electrons.